The predicted molar refractivity (Wildman–Crippen MR) is 76.7 cm³/mol. The zero-order valence-electron chi connectivity index (χ0n) is 11.9. The van der Waals surface area contributed by atoms with E-state index < -0.39 is 5.97 Å². The molecule has 114 valence electrons. The van der Waals surface area contributed by atoms with Crippen LogP contribution in [-0.4, -0.2) is 45.6 Å². The van der Waals surface area contributed by atoms with Gasteiger partial charge in [0, 0.05) is 12.2 Å². The lowest BCUT2D eigenvalue weighted by Crippen LogP contribution is -2.37. The average Bonchev–Trinajstić information content (AvgIpc) is 3.21. The van der Waals surface area contributed by atoms with Gasteiger partial charge in [-0.15, -0.1) is 0 Å². The molecule has 0 bridgehead atoms. The maximum absolute atomic E-state index is 12.4. The summed E-state index contributed by atoms with van der Waals surface area (Å²) < 4.78 is 5.40. The second-order valence-electron chi connectivity index (χ2n) is 5.24. The lowest BCUT2D eigenvalue weighted by molar-refractivity contribution is -0.137. The molecule has 1 saturated carbocycles. The van der Waals surface area contributed by atoms with E-state index in [9.17, 15) is 9.59 Å². The molecule has 0 radical (unpaired) electrons. The second kappa shape index (κ2) is 6.30. The number of carbonyl (C=O) groups is 2. The molecule has 0 aliphatic heterocycles. The zero-order chi connectivity index (χ0) is 15.6. The first kappa shape index (κ1) is 15.6. The van der Waals surface area contributed by atoms with Crippen molar-refractivity contribution in [2.45, 2.75) is 38.8 Å². The van der Waals surface area contributed by atoms with Gasteiger partial charge in [-0.05, 0) is 32.8 Å². The van der Waals surface area contributed by atoms with Crippen LogP contribution in [0.2, 0.25) is 5.02 Å². The van der Waals surface area contributed by atoms with Gasteiger partial charge >= 0.3 is 5.97 Å². The maximum atomic E-state index is 12.4. The Morgan fingerprint density at radius 1 is 1.52 bits per heavy atom. The van der Waals surface area contributed by atoms with Gasteiger partial charge in [0.15, 0.2) is 0 Å². The molecule has 1 N–H and O–H groups in total. The van der Waals surface area contributed by atoms with Crippen LogP contribution >= 0.6 is 11.6 Å². The van der Waals surface area contributed by atoms with Crippen molar-refractivity contribution in [2.75, 3.05) is 6.54 Å². The third-order valence-electron chi connectivity index (χ3n) is 2.96. The van der Waals surface area contributed by atoms with Gasteiger partial charge in [0.1, 0.15) is 11.6 Å². The largest absolute Gasteiger partial charge is 0.480 e. The van der Waals surface area contributed by atoms with E-state index in [4.69, 9.17) is 21.4 Å². The molecule has 21 heavy (non-hydrogen) atoms. The number of amides is 1. The Morgan fingerprint density at radius 2 is 2.19 bits per heavy atom. The van der Waals surface area contributed by atoms with Crippen LogP contribution in [0, 0.1) is 0 Å². The fraction of sp³-hybridized carbons (Fsp3) is 0.500. The molecular weight excluding hydrogens is 296 g/mol. The van der Waals surface area contributed by atoms with Crippen LogP contribution < -0.4 is 4.74 Å². The maximum Gasteiger partial charge on any atom is 0.323 e. The minimum Gasteiger partial charge on any atom is -0.480 e. The van der Waals surface area contributed by atoms with Crippen molar-refractivity contribution in [3.63, 3.8) is 0 Å². The van der Waals surface area contributed by atoms with E-state index in [-0.39, 0.29) is 41.1 Å². The van der Waals surface area contributed by atoms with Crippen molar-refractivity contribution in [1.82, 2.24) is 9.88 Å². The third kappa shape index (κ3) is 4.07. The van der Waals surface area contributed by atoms with Crippen molar-refractivity contribution in [1.29, 1.82) is 0 Å². The first-order valence-electron chi connectivity index (χ1n) is 6.73. The summed E-state index contributed by atoms with van der Waals surface area (Å²) in [7, 11) is 0. The Kier molecular flexibility index (Phi) is 4.67. The fourth-order valence-electron chi connectivity index (χ4n) is 1.92. The summed E-state index contributed by atoms with van der Waals surface area (Å²) in [4.78, 5) is 28.6. The monoisotopic (exact) mass is 312 g/mol. The number of ether oxygens (including phenoxy) is 1. The fourth-order valence-corrected chi connectivity index (χ4v) is 2.13. The number of hydrogen-bond donors (Lipinski definition) is 1. The summed E-state index contributed by atoms with van der Waals surface area (Å²) in [5.41, 5.74) is 0.268. The summed E-state index contributed by atoms with van der Waals surface area (Å²) in [6.07, 6.45) is 2.94. The number of carbonyl (C=O) groups excluding carboxylic acids is 1. The Bertz CT molecular complexity index is 558. The number of carboxylic acids is 1. The van der Waals surface area contributed by atoms with E-state index in [1.54, 1.807) is 0 Å². The number of hydrogen-bond acceptors (Lipinski definition) is 4. The van der Waals surface area contributed by atoms with E-state index in [0.717, 1.165) is 12.8 Å². The molecule has 1 heterocycles. The molecule has 1 amide bonds. The van der Waals surface area contributed by atoms with Crippen LogP contribution in [0.1, 0.15) is 37.0 Å². The van der Waals surface area contributed by atoms with Crippen LogP contribution in [0.5, 0.6) is 5.88 Å². The molecule has 6 nitrogen and oxygen atoms in total. The number of rotatable bonds is 6. The molecule has 1 fully saturated rings. The summed E-state index contributed by atoms with van der Waals surface area (Å²) in [5, 5.41) is 9.14. The molecule has 0 aromatic carbocycles. The predicted octanol–water partition coefficient (Wildman–Crippen LogP) is 2.21. The van der Waals surface area contributed by atoms with Crippen LogP contribution in [0.25, 0.3) is 0 Å². The van der Waals surface area contributed by atoms with Gasteiger partial charge < -0.3 is 14.7 Å². The smallest absolute Gasteiger partial charge is 0.323 e. The normalized spacial score (nSPS) is 14.1. The molecule has 1 aliphatic carbocycles. The van der Waals surface area contributed by atoms with Crippen molar-refractivity contribution in [3.05, 3.63) is 22.8 Å². The highest BCUT2D eigenvalue weighted by molar-refractivity contribution is 6.32. The molecule has 2 rings (SSSR count). The molecule has 7 heteroatoms. The Balaban J connectivity index is 2.18. The van der Waals surface area contributed by atoms with Crippen molar-refractivity contribution < 1.29 is 19.4 Å². The molecule has 1 aromatic heterocycles. The Morgan fingerprint density at radius 3 is 2.67 bits per heavy atom. The van der Waals surface area contributed by atoms with Crippen molar-refractivity contribution in [2.24, 2.45) is 0 Å². The van der Waals surface area contributed by atoms with Crippen molar-refractivity contribution in [3.8, 4) is 5.88 Å². The van der Waals surface area contributed by atoms with Gasteiger partial charge in [-0.3, -0.25) is 9.59 Å². The number of pyridine rings is 1. The Hall–Kier alpha value is -1.82. The van der Waals surface area contributed by atoms with Gasteiger partial charge in [-0.2, -0.15) is 0 Å². The van der Waals surface area contributed by atoms with E-state index in [2.05, 4.69) is 4.98 Å². The average molecular weight is 313 g/mol. The number of aliphatic carboxylic acids is 1. The zero-order valence-corrected chi connectivity index (χ0v) is 12.6. The van der Waals surface area contributed by atoms with Crippen LogP contribution in [-0.2, 0) is 4.79 Å². The highest BCUT2D eigenvalue weighted by Gasteiger charge is 2.34. The summed E-state index contributed by atoms with van der Waals surface area (Å²) in [5.74, 6) is -1.14. The van der Waals surface area contributed by atoms with Gasteiger partial charge in [-0.25, -0.2) is 4.98 Å². The highest BCUT2D eigenvalue weighted by atomic mass is 35.5. The van der Waals surface area contributed by atoms with Crippen LogP contribution in [0.3, 0.4) is 0 Å². The minimum atomic E-state index is -1.03. The molecule has 0 atom stereocenters. The van der Waals surface area contributed by atoms with Gasteiger partial charge in [0.2, 0.25) is 5.88 Å². The minimum absolute atomic E-state index is 0.000957. The molecule has 1 aromatic rings. The number of carboxylic acid groups (broad SMARTS) is 1. The SMILES string of the molecule is CC(C)Oc1ncc(C(=O)N(CC(=O)O)C2CC2)cc1Cl. The molecule has 0 unspecified atom stereocenters. The van der Waals surface area contributed by atoms with Crippen LogP contribution in [0.15, 0.2) is 12.3 Å². The molecular formula is C14H17ClN2O4. The summed E-state index contributed by atoms with van der Waals surface area (Å²) in [6, 6.07) is 1.46. The number of aromatic nitrogens is 1. The summed E-state index contributed by atoms with van der Waals surface area (Å²) in [6.45, 7) is 3.38. The van der Waals surface area contributed by atoms with E-state index >= 15 is 0 Å². The molecule has 0 spiro atoms. The highest BCUT2D eigenvalue weighted by Crippen LogP contribution is 2.29. The van der Waals surface area contributed by atoms with Crippen molar-refractivity contribution >= 4 is 23.5 Å². The lowest BCUT2D eigenvalue weighted by Gasteiger charge is -2.20. The standard InChI is InChI=1S/C14H17ClN2O4/c1-8(2)21-13-11(15)5-9(6-16-13)14(20)17(7-12(18)19)10-3-4-10/h5-6,8,10H,3-4,7H2,1-2H3,(H,18,19). The second-order valence-corrected chi connectivity index (χ2v) is 5.64. The Labute approximate surface area is 127 Å². The van der Waals surface area contributed by atoms with E-state index in [0.29, 0.717) is 0 Å². The van der Waals surface area contributed by atoms with E-state index in [1.807, 2.05) is 13.8 Å². The third-order valence-corrected chi connectivity index (χ3v) is 3.23. The lowest BCUT2D eigenvalue weighted by atomic mass is 10.2. The molecule has 0 saturated heterocycles. The number of nitrogens with zero attached hydrogens (tertiary/aromatic N) is 2. The van der Waals surface area contributed by atoms with Gasteiger partial charge in [0.05, 0.1) is 11.7 Å². The molecule has 1 aliphatic rings. The topological polar surface area (TPSA) is 79.7 Å². The van der Waals surface area contributed by atoms with E-state index in [1.165, 1.54) is 17.2 Å². The van der Waals surface area contributed by atoms with Gasteiger partial charge in [-0.1, -0.05) is 11.6 Å². The van der Waals surface area contributed by atoms with Crippen LogP contribution in [0.4, 0.5) is 0 Å². The van der Waals surface area contributed by atoms with Gasteiger partial charge in [0.25, 0.3) is 5.91 Å². The first-order valence-corrected chi connectivity index (χ1v) is 7.11. The quantitative estimate of drug-likeness (QED) is 0.871. The first-order chi connectivity index (χ1) is 9.88. The summed E-state index contributed by atoms with van der Waals surface area (Å²) >= 11 is 6.05. The number of halogens is 1.